The Morgan fingerprint density at radius 3 is 1.28 bits per heavy atom. The highest BCUT2D eigenvalue weighted by Gasteiger charge is 2.28. The van der Waals surface area contributed by atoms with E-state index in [0.717, 1.165) is 67.4 Å². The molecule has 0 amide bonds. The molecule has 0 fully saturated rings. The number of hydrogen-bond donors (Lipinski definition) is 0. The maximum absolute atomic E-state index is 8.71. The Labute approximate surface area is 541 Å². The minimum absolute atomic E-state index is 0.189. The molecule has 0 saturated heterocycles. The molecular formula is C82H111N5+4. The third kappa shape index (κ3) is 16.5. The van der Waals surface area contributed by atoms with Gasteiger partial charge in [0.2, 0.25) is 17.1 Å². The summed E-state index contributed by atoms with van der Waals surface area (Å²) in [5.41, 5.74) is 24.5. The van der Waals surface area contributed by atoms with Crippen molar-refractivity contribution in [1.82, 2.24) is 4.57 Å². The number of para-hydroxylation sites is 1. The lowest BCUT2D eigenvalue weighted by Gasteiger charge is -2.21. The lowest BCUT2D eigenvalue weighted by molar-refractivity contribution is -0.661. The van der Waals surface area contributed by atoms with Gasteiger partial charge in [0.1, 0.15) is 39.2 Å². The van der Waals surface area contributed by atoms with Gasteiger partial charge in [0, 0.05) is 75.0 Å². The molecule has 4 heterocycles. The van der Waals surface area contributed by atoms with Crippen molar-refractivity contribution in [2.45, 2.75) is 200 Å². The van der Waals surface area contributed by atoms with Gasteiger partial charge >= 0.3 is 0 Å². The van der Waals surface area contributed by atoms with Gasteiger partial charge in [-0.2, -0.15) is 4.57 Å². The molecule has 9 aromatic rings. The van der Waals surface area contributed by atoms with Crippen LogP contribution in [-0.2, 0) is 33.6 Å². The van der Waals surface area contributed by atoms with E-state index in [9.17, 15) is 0 Å². The number of pyridine rings is 3. The molecule has 5 heteroatoms. The molecule has 0 unspecified atom stereocenters. The first-order chi connectivity index (χ1) is 44.1. The molecule has 4 aromatic heterocycles. The topological polar surface area (TPSA) is 20.4 Å². The zero-order valence-corrected chi connectivity index (χ0v) is 57.8. The van der Waals surface area contributed by atoms with E-state index in [-0.39, 0.29) is 5.41 Å². The average molecular weight is 1180 g/mol. The van der Waals surface area contributed by atoms with Gasteiger partial charge in [-0.05, 0) is 159 Å². The van der Waals surface area contributed by atoms with Gasteiger partial charge in [0.15, 0.2) is 18.6 Å². The summed E-state index contributed by atoms with van der Waals surface area (Å²) in [5, 5.41) is 0. The highest BCUT2D eigenvalue weighted by molar-refractivity contribution is 5.66. The van der Waals surface area contributed by atoms with Crippen LogP contribution in [-0.4, -0.2) is 4.57 Å². The third-order valence-electron chi connectivity index (χ3n) is 16.6. The first-order valence-corrected chi connectivity index (χ1v) is 31.1. The van der Waals surface area contributed by atoms with E-state index in [1.165, 1.54) is 55.8 Å². The molecule has 5 nitrogen and oxygen atoms in total. The Morgan fingerprint density at radius 1 is 0.402 bits per heavy atom. The van der Waals surface area contributed by atoms with E-state index in [1.54, 1.807) is 12.1 Å². The summed E-state index contributed by atoms with van der Waals surface area (Å²) in [6.07, 6.45) is 10.3. The van der Waals surface area contributed by atoms with Gasteiger partial charge in [-0.15, -0.1) is 0 Å². The first-order valence-electron chi connectivity index (χ1n) is 35.7. The normalized spacial score (nSPS) is 13.7. The summed E-state index contributed by atoms with van der Waals surface area (Å²) in [4.78, 5) is 0. The SMILES string of the molecule is Cc1ccc(-c2cc(C(C)C)c(C(C)C)c[n+]2C)c(C)c1.[2H]C(C)(C)c1cc(-c2ccc(C)cc2C)[n+](C)cc1C([2H])(C)C.[2H]C(C)(C)c1cccc(C([2H])(C)C)c1-n1cc[n+](C)c1-c1ccccc1C.[2H]C([2H])c1c[n+](C)c(-c2ccc(C([2H])([2H])[2H])cc2C)cc1C(C)(C)C. The fourth-order valence-electron chi connectivity index (χ4n) is 11.8. The average Bonchev–Trinajstić information content (AvgIpc) is 1.25. The largest absolute Gasteiger partial charge is 0.294 e. The van der Waals surface area contributed by atoms with Crippen LogP contribution in [0, 0.1) is 55.3 Å². The van der Waals surface area contributed by atoms with E-state index >= 15 is 0 Å². The summed E-state index contributed by atoms with van der Waals surface area (Å²) in [6, 6.07) is 39.2. The minimum atomic E-state index is -2.12. The molecule has 0 aliphatic heterocycles. The molecule has 0 aliphatic rings. The van der Waals surface area contributed by atoms with E-state index in [4.69, 9.17) is 12.3 Å². The number of rotatable bonds is 11. The van der Waals surface area contributed by atoms with E-state index in [0.29, 0.717) is 23.0 Å². The Balaban J connectivity index is 0.000000203. The molecule has 9 rings (SSSR count). The van der Waals surface area contributed by atoms with Crippen molar-refractivity contribution in [3.63, 3.8) is 0 Å². The van der Waals surface area contributed by atoms with Crippen LogP contribution in [0.4, 0.5) is 0 Å². The Bertz CT molecular complexity index is 4200. The summed E-state index contributed by atoms with van der Waals surface area (Å²) in [5.74, 6) is -0.864. The molecule has 5 aromatic carbocycles. The van der Waals surface area contributed by atoms with Crippen molar-refractivity contribution in [1.29, 1.82) is 0 Å². The molecule has 0 radical (unpaired) electrons. The maximum Gasteiger partial charge on any atom is 0.294 e. The van der Waals surface area contributed by atoms with Crippen molar-refractivity contribution >= 4 is 0 Å². The van der Waals surface area contributed by atoms with Crippen LogP contribution in [0.25, 0.3) is 50.8 Å². The molecule has 0 bridgehead atoms. The van der Waals surface area contributed by atoms with Crippen molar-refractivity contribution in [3.05, 3.63) is 230 Å². The summed E-state index contributed by atoms with van der Waals surface area (Å²) >= 11 is 0. The molecule has 0 aliphatic carbocycles. The Kier molecular flexibility index (Phi) is 18.9. The number of benzene rings is 5. The second kappa shape index (κ2) is 29.2. The number of hydrogen-bond acceptors (Lipinski definition) is 0. The van der Waals surface area contributed by atoms with Crippen LogP contribution in [0.5, 0.6) is 0 Å². The number of nitrogens with zero attached hydrogens (tertiary/aromatic N) is 5. The summed E-state index contributed by atoms with van der Waals surface area (Å²) < 4.78 is 83.3. The van der Waals surface area contributed by atoms with Gasteiger partial charge in [-0.25, -0.2) is 18.3 Å². The van der Waals surface area contributed by atoms with E-state index < -0.39 is 37.3 Å². The highest BCUT2D eigenvalue weighted by atomic mass is 15.1. The van der Waals surface area contributed by atoms with Gasteiger partial charge in [-0.1, -0.05) is 193 Å². The smallest absolute Gasteiger partial charge is 0.232 e. The van der Waals surface area contributed by atoms with Gasteiger partial charge < -0.3 is 0 Å². The van der Waals surface area contributed by atoms with Crippen molar-refractivity contribution in [2.75, 3.05) is 0 Å². The Hall–Kier alpha value is -7.24. The van der Waals surface area contributed by atoms with Crippen molar-refractivity contribution in [2.24, 2.45) is 28.2 Å². The molecule has 0 N–H and O–H groups in total. The monoisotopic (exact) mass is 1170 g/mol. The van der Waals surface area contributed by atoms with Gasteiger partial charge in [0.25, 0.3) is 5.82 Å². The number of aryl methyl sites for hydroxylation is 12. The second-order valence-electron chi connectivity index (χ2n) is 26.8. The molecular weight excluding hydrogens is 1050 g/mol. The van der Waals surface area contributed by atoms with Crippen molar-refractivity contribution < 1.29 is 30.6 Å². The van der Waals surface area contributed by atoms with Crippen LogP contribution in [0.3, 0.4) is 0 Å². The van der Waals surface area contributed by atoms with Crippen LogP contribution in [0.15, 0.2) is 146 Å². The van der Waals surface area contributed by atoms with Crippen LogP contribution in [0.1, 0.15) is 235 Å². The quantitative estimate of drug-likeness (QED) is 0.115. The second-order valence-corrected chi connectivity index (χ2v) is 26.8. The number of imidazole rings is 1. The Morgan fingerprint density at radius 2 is 0.839 bits per heavy atom. The summed E-state index contributed by atoms with van der Waals surface area (Å²) in [6.45, 7) is 39.9. The zero-order chi connectivity index (χ0) is 72.4. The fourth-order valence-corrected chi connectivity index (χ4v) is 11.8. The third-order valence-corrected chi connectivity index (χ3v) is 16.6. The molecule has 87 heavy (non-hydrogen) atoms. The predicted octanol–water partition coefficient (Wildman–Crippen LogP) is 20.0. The highest BCUT2D eigenvalue weighted by Crippen LogP contribution is 2.36. The van der Waals surface area contributed by atoms with E-state index in [2.05, 4.69) is 181 Å². The minimum Gasteiger partial charge on any atom is -0.232 e. The maximum atomic E-state index is 8.71. The lowest BCUT2D eigenvalue weighted by Crippen LogP contribution is -2.33. The van der Waals surface area contributed by atoms with Gasteiger partial charge in [-0.3, -0.25) is 0 Å². The first kappa shape index (κ1) is 56.3. The molecule has 0 atom stereocenters. The summed E-state index contributed by atoms with van der Waals surface area (Å²) in [7, 11) is 8.11. The van der Waals surface area contributed by atoms with Crippen LogP contribution >= 0.6 is 0 Å². The fraction of sp³-hybridized carbons (Fsp3) is 0.415. The standard InChI is InChI=1S/C23H29N2.2C20H28N.C19H26N/c1-16(2)19-12-9-13-20(17(3)4)22(19)25-15-14-24(6)23(25)21-11-8-7-10-18(21)5;2*1-13(2)18-11-20(21(7)12-19(18)14(3)4)17-9-8-15(5)10-16(17)6;1-13-8-9-16(14(2)10-13)18-11-17(19(4,5)6)15(3)12-20(18)7/h7-17H,1-6H3;2*8-14H,1-7H3;8-12H,1-7H3/q4*+1/i16D,17D;13D,14D;;1D3,3D2. The predicted molar refractivity (Wildman–Crippen MR) is 373 cm³/mol. The molecule has 0 spiro atoms. The van der Waals surface area contributed by atoms with Crippen molar-refractivity contribution in [3.8, 4) is 50.8 Å². The van der Waals surface area contributed by atoms with Crippen LogP contribution in [0.2, 0.25) is 0 Å². The lowest BCUT2D eigenvalue weighted by atomic mass is 9.83. The molecule has 460 valence electrons. The van der Waals surface area contributed by atoms with E-state index in [1.807, 2.05) is 149 Å². The number of aromatic nitrogens is 5. The zero-order valence-electron chi connectivity index (χ0n) is 66.8. The molecule has 0 saturated carbocycles. The van der Waals surface area contributed by atoms with Gasteiger partial charge in [0.05, 0.1) is 12.6 Å². The van der Waals surface area contributed by atoms with Crippen LogP contribution < -0.4 is 18.3 Å².